The average molecular weight is 222 g/mol. The lowest BCUT2D eigenvalue weighted by molar-refractivity contribution is -0.155. The first kappa shape index (κ1) is 10.6. The minimum atomic E-state index is -0.559. The van der Waals surface area contributed by atoms with Gasteiger partial charge in [-0.25, -0.2) is 0 Å². The molecule has 0 N–H and O–H groups in total. The Kier molecular flexibility index (Phi) is 6.12. The molecule has 0 aliphatic carbocycles. The molecule has 0 bridgehead atoms. The molecule has 0 heterocycles. The second-order valence-corrected chi connectivity index (χ2v) is 2.48. The van der Waals surface area contributed by atoms with Gasteiger partial charge in [-0.2, -0.15) is 0 Å². The van der Waals surface area contributed by atoms with E-state index in [9.17, 15) is 9.59 Å². The second-order valence-electron chi connectivity index (χ2n) is 1.92. The molecule has 0 unspecified atom stereocenters. The summed E-state index contributed by atoms with van der Waals surface area (Å²) in [4.78, 5) is 21.1. The monoisotopic (exact) mass is 221 g/mol. The molecule has 3 nitrogen and oxygen atoms in total. The van der Waals surface area contributed by atoms with E-state index in [0.717, 1.165) is 6.42 Å². The predicted molar refractivity (Wildman–Crippen MR) is 44.1 cm³/mol. The molecule has 0 saturated carbocycles. The van der Waals surface area contributed by atoms with Crippen LogP contribution in [0.4, 0.5) is 0 Å². The molecule has 0 aromatic rings. The number of alkyl halides is 1. The maximum absolute atomic E-state index is 10.7. The summed E-state index contributed by atoms with van der Waals surface area (Å²) in [6.07, 6.45) is 2.88. The van der Waals surface area contributed by atoms with Gasteiger partial charge in [-0.1, -0.05) is 29.3 Å². The minimum absolute atomic E-state index is 0.0543. The molecule has 0 aliphatic heterocycles. The Bertz CT molecular complexity index is 145. The van der Waals surface area contributed by atoms with Crippen LogP contribution in [0, 0.1) is 6.42 Å². The summed E-state index contributed by atoms with van der Waals surface area (Å²) in [5, 5.41) is 0.0543. The maximum atomic E-state index is 10.7. The minimum Gasteiger partial charge on any atom is -0.392 e. The number of ether oxygens (including phenoxy) is 1. The van der Waals surface area contributed by atoms with Gasteiger partial charge in [0.15, 0.2) is 0 Å². The Labute approximate surface area is 74.2 Å². The van der Waals surface area contributed by atoms with E-state index < -0.39 is 11.9 Å². The van der Waals surface area contributed by atoms with E-state index in [0.29, 0.717) is 6.42 Å². The van der Waals surface area contributed by atoms with Crippen molar-refractivity contribution in [1.29, 1.82) is 0 Å². The number of halogens is 1. The van der Waals surface area contributed by atoms with Gasteiger partial charge in [0.05, 0.1) is 6.42 Å². The predicted octanol–water partition coefficient (Wildman–Crippen LogP) is 1.46. The van der Waals surface area contributed by atoms with Gasteiger partial charge in [0.1, 0.15) is 5.33 Å². The first-order valence-electron chi connectivity index (χ1n) is 3.34. The van der Waals surface area contributed by atoms with E-state index in [1.165, 1.54) is 6.42 Å². The summed E-state index contributed by atoms with van der Waals surface area (Å²) in [5.74, 6) is -1.11. The van der Waals surface area contributed by atoms with Crippen LogP contribution in [0.15, 0.2) is 0 Å². The maximum Gasteiger partial charge on any atom is 0.324 e. The van der Waals surface area contributed by atoms with Crippen LogP contribution in [0.5, 0.6) is 0 Å². The highest BCUT2D eigenvalue weighted by molar-refractivity contribution is 9.09. The summed E-state index contributed by atoms with van der Waals surface area (Å²) in [7, 11) is 0. The fraction of sp³-hybridized carbons (Fsp3) is 0.571. The molecule has 1 radical (unpaired) electrons. The van der Waals surface area contributed by atoms with Crippen molar-refractivity contribution in [3.63, 3.8) is 0 Å². The third-order valence-corrected chi connectivity index (χ3v) is 1.38. The van der Waals surface area contributed by atoms with E-state index in [2.05, 4.69) is 20.7 Å². The number of carbonyl (C=O) groups excluding carboxylic acids is 2. The number of rotatable bonds is 4. The van der Waals surface area contributed by atoms with Crippen LogP contribution < -0.4 is 0 Å². The quantitative estimate of drug-likeness (QED) is 0.410. The van der Waals surface area contributed by atoms with Crippen LogP contribution in [0.1, 0.15) is 19.8 Å². The summed E-state index contributed by atoms with van der Waals surface area (Å²) >= 11 is 2.87. The van der Waals surface area contributed by atoms with Crippen molar-refractivity contribution in [1.82, 2.24) is 0 Å². The van der Waals surface area contributed by atoms with Crippen molar-refractivity contribution in [3.05, 3.63) is 6.42 Å². The third-order valence-electron chi connectivity index (χ3n) is 0.923. The topological polar surface area (TPSA) is 43.4 Å². The molecular weight excluding hydrogens is 212 g/mol. The zero-order valence-corrected chi connectivity index (χ0v) is 7.89. The lowest BCUT2D eigenvalue weighted by atomic mass is 10.2. The number of esters is 2. The number of hydrogen-bond donors (Lipinski definition) is 0. The van der Waals surface area contributed by atoms with Crippen LogP contribution in [-0.2, 0) is 14.3 Å². The number of hydrogen-bond acceptors (Lipinski definition) is 3. The summed E-state index contributed by atoms with van der Waals surface area (Å²) < 4.78 is 4.32. The lowest BCUT2D eigenvalue weighted by Gasteiger charge is -1.97. The average Bonchev–Trinajstić information content (AvgIpc) is 2.00. The molecule has 0 spiro atoms. The first-order chi connectivity index (χ1) is 5.20. The Morgan fingerprint density at radius 3 is 2.64 bits per heavy atom. The lowest BCUT2D eigenvalue weighted by Crippen LogP contribution is -2.13. The van der Waals surface area contributed by atoms with Crippen molar-refractivity contribution < 1.29 is 14.3 Å². The second kappa shape index (κ2) is 6.34. The van der Waals surface area contributed by atoms with E-state index in [-0.39, 0.29) is 5.33 Å². The highest BCUT2D eigenvalue weighted by atomic mass is 79.9. The highest BCUT2D eigenvalue weighted by Gasteiger charge is 2.07. The summed E-state index contributed by atoms with van der Waals surface area (Å²) in [6.45, 7) is 1.94. The van der Waals surface area contributed by atoms with Gasteiger partial charge in [0.25, 0.3) is 0 Å². The molecule has 0 fully saturated rings. The summed E-state index contributed by atoms with van der Waals surface area (Å²) in [5.41, 5.74) is 0. The van der Waals surface area contributed by atoms with Crippen molar-refractivity contribution in [2.75, 3.05) is 5.33 Å². The van der Waals surface area contributed by atoms with Gasteiger partial charge in [-0.05, 0) is 6.42 Å². The first-order valence-corrected chi connectivity index (χ1v) is 4.46. The fourth-order valence-corrected chi connectivity index (χ4v) is 0.558. The Hall–Kier alpha value is -0.380. The molecule has 4 heteroatoms. The van der Waals surface area contributed by atoms with Crippen LogP contribution >= 0.6 is 15.9 Å². The van der Waals surface area contributed by atoms with Crippen LogP contribution in [0.3, 0.4) is 0 Å². The van der Waals surface area contributed by atoms with Crippen molar-refractivity contribution in [3.8, 4) is 0 Å². The molecule has 0 rings (SSSR count). The number of carbonyl (C=O) groups is 2. The van der Waals surface area contributed by atoms with E-state index in [1.54, 1.807) is 0 Å². The third kappa shape index (κ3) is 6.04. The molecule has 11 heavy (non-hydrogen) atoms. The smallest absolute Gasteiger partial charge is 0.324 e. The van der Waals surface area contributed by atoms with E-state index >= 15 is 0 Å². The van der Waals surface area contributed by atoms with Gasteiger partial charge in [0, 0.05) is 0 Å². The van der Waals surface area contributed by atoms with Crippen molar-refractivity contribution in [2.45, 2.75) is 19.8 Å². The van der Waals surface area contributed by atoms with Crippen LogP contribution in [0.25, 0.3) is 0 Å². The van der Waals surface area contributed by atoms with Gasteiger partial charge in [-0.15, -0.1) is 0 Å². The molecule has 0 aromatic heterocycles. The van der Waals surface area contributed by atoms with Crippen LogP contribution in [-0.4, -0.2) is 17.3 Å². The van der Waals surface area contributed by atoms with Gasteiger partial charge in [-0.3, -0.25) is 9.59 Å². The highest BCUT2D eigenvalue weighted by Crippen LogP contribution is 1.96. The molecular formula is C7H10BrO3. The van der Waals surface area contributed by atoms with Crippen LogP contribution in [0.2, 0.25) is 0 Å². The summed E-state index contributed by atoms with van der Waals surface area (Å²) in [6, 6.07) is 0. The number of unbranched alkanes of at least 4 members (excludes halogenated alkanes) is 1. The fourth-order valence-electron chi connectivity index (χ4n) is 0.443. The van der Waals surface area contributed by atoms with Gasteiger partial charge in [0.2, 0.25) is 0 Å². The molecule has 0 atom stereocenters. The standard InChI is InChI=1S/C7H10BrO3/c1-2-3-4-6(9)11-7(10)5-8/h4H,2-3,5H2,1H3. The van der Waals surface area contributed by atoms with E-state index in [1.807, 2.05) is 6.92 Å². The zero-order chi connectivity index (χ0) is 8.69. The SMILES string of the molecule is CCC[CH]C(=O)OC(=O)CBr. The van der Waals surface area contributed by atoms with Gasteiger partial charge >= 0.3 is 11.9 Å². The normalized spacial score (nSPS) is 9.27. The van der Waals surface area contributed by atoms with E-state index in [4.69, 9.17) is 0 Å². The molecule has 63 valence electrons. The van der Waals surface area contributed by atoms with Crippen molar-refractivity contribution in [2.24, 2.45) is 0 Å². The Morgan fingerprint density at radius 2 is 2.18 bits per heavy atom. The Balaban J connectivity index is 3.44. The molecule has 0 aliphatic rings. The van der Waals surface area contributed by atoms with Crippen molar-refractivity contribution >= 4 is 27.9 Å². The molecule has 0 saturated heterocycles. The molecule has 0 amide bonds. The Morgan fingerprint density at radius 1 is 1.55 bits per heavy atom. The molecule has 0 aromatic carbocycles. The zero-order valence-electron chi connectivity index (χ0n) is 6.30. The largest absolute Gasteiger partial charge is 0.392 e. The van der Waals surface area contributed by atoms with Gasteiger partial charge < -0.3 is 4.74 Å².